The second kappa shape index (κ2) is 8.41. The summed E-state index contributed by atoms with van der Waals surface area (Å²) in [5.41, 5.74) is 2.21. The van der Waals surface area contributed by atoms with Gasteiger partial charge >= 0.3 is 0 Å². The number of phenolic OH excluding ortho intramolecular Hbond substituents is 1. The van der Waals surface area contributed by atoms with Crippen molar-refractivity contribution in [1.29, 1.82) is 0 Å². The van der Waals surface area contributed by atoms with E-state index in [9.17, 15) is 9.90 Å². The number of rotatable bonds is 6. The van der Waals surface area contributed by atoms with E-state index in [1.165, 1.54) is 16.7 Å². The van der Waals surface area contributed by atoms with Gasteiger partial charge in [0.25, 0.3) is 5.91 Å². The molecule has 0 aliphatic carbocycles. The van der Waals surface area contributed by atoms with Gasteiger partial charge in [-0.1, -0.05) is 48.3 Å². The summed E-state index contributed by atoms with van der Waals surface area (Å²) in [5.74, 6) is 0.333. The maximum Gasteiger partial charge on any atom is 0.270 e. The molecule has 3 rings (SSSR count). The molecule has 0 radical (unpaired) electrons. The van der Waals surface area contributed by atoms with Crippen LogP contribution in [0.2, 0.25) is 0 Å². The molecule has 0 bridgehead atoms. The van der Waals surface area contributed by atoms with Gasteiger partial charge in [-0.15, -0.1) is 6.58 Å². The number of nitrogens with zero attached hydrogens (tertiary/aromatic N) is 1. The highest BCUT2D eigenvalue weighted by molar-refractivity contribution is 8.27. The number of phenols is 1. The first kappa shape index (κ1) is 19.2. The van der Waals surface area contributed by atoms with Crippen LogP contribution in [0.3, 0.4) is 0 Å². The van der Waals surface area contributed by atoms with Crippen molar-refractivity contribution in [1.82, 2.24) is 0 Å². The molecule has 27 heavy (non-hydrogen) atoms. The highest BCUT2D eigenvalue weighted by Gasteiger charge is 2.33. The third kappa shape index (κ3) is 4.07. The average molecular weight is 398 g/mol. The fourth-order valence-corrected chi connectivity index (χ4v) is 4.07. The molecule has 0 unspecified atom stereocenters. The van der Waals surface area contributed by atoms with Crippen LogP contribution in [-0.4, -0.2) is 21.9 Å². The first-order chi connectivity index (χ1) is 13.0. The molecule has 4 nitrogen and oxygen atoms in total. The highest BCUT2D eigenvalue weighted by atomic mass is 32.2. The molecule has 1 aliphatic rings. The van der Waals surface area contributed by atoms with Gasteiger partial charge in [0.1, 0.15) is 0 Å². The summed E-state index contributed by atoms with van der Waals surface area (Å²) >= 11 is 6.66. The van der Waals surface area contributed by atoms with Gasteiger partial charge in [0, 0.05) is 5.56 Å². The zero-order valence-corrected chi connectivity index (χ0v) is 16.5. The molecule has 1 heterocycles. The van der Waals surface area contributed by atoms with Crippen LogP contribution in [0.15, 0.2) is 60.0 Å². The quantitative estimate of drug-likeness (QED) is 0.426. The van der Waals surface area contributed by atoms with Crippen LogP contribution in [0.1, 0.15) is 18.1 Å². The SMILES string of the molecule is C=CCc1cc(/C=C2/SC(=S)N(c3ccccc3)C2=O)cc(OCC)c1O. The highest BCUT2D eigenvalue weighted by Crippen LogP contribution is 2.38. The zero-order chi connectivity index (χ0) is 19.4. The van der Waals surface area contributed by atoms with Crippen molar-refractivity contribution in [2.24, 2.45) is 0 Å². The Morgan fingerprint density at radius 3 is 2.70 bits per heavy atom. The van der Waals surface area contributed by atoms with Gasteiger partial charge in [0.15, 0.2) is 15.8 Å². The van der Waals surface area contributed by atoms with Gasteiger partial charge in [-0.3, -0.25) is 9.69 Å². The lowest BCUT2D eigenvalue weighted by Gasteiger charge is -2.14. The fourth-order valence-electron chi connectivity index (χ4n) is 2.77. The number of aromatic hydroxyl groups is 1. The van der Waals surface area contributed by atoms with E-state index in [0.717, 1.165) is 11.3 Å². The number of thioether (sulfide) groups is 1. The minimum atomic E-state index is -0.160. The molecule has 2 aromatic rings. The molecule has 1 aliphatic heterocycles. The number of carbonyl (C=O) groups excluding carboxylic acids is 1. The maximum absolute atomic E-state index is 12.9. The number of allylic oxidation sites excluding steroid dienone is 1. The molecule has 6 heteroatoms. The smallest absolute Gasteiger partial charge is 0.270 e. The van der Waals surface area contributed by atoms with E-state index < -0.39 is 0 Å². The Labute approximate surface area is 168 Å². The standard InChI is InChI=1S/C21H19NO3S2/c1-3-8-15-11-14(12-17(19(15)23)25-4-2)13-18-20(24)22(21(26)27-18)16-9-6-5-7-10-16/h3,5-7,9-13,23H,1,4,8H2,2H3/b18-13+. The summed E-state index contributed by atoms with van der Waals surface area (Å²) in [6.45, 7) is 6.00. The van der Waals surface area contributed by atoms with E-state index in [0.29, 0.717) is 33.6 Å². The van der Waals surface area contributed by atoms with Crippen molar-refractivity contribution in [3.8, 4) is 11.5 Å². The van der Waals surface area contributed by atoms with E-state index in [2.05, 4.69) is 6.58 Å². The Bertz CT molecular complexity index is 923. The monoisotopic (exact) mass is 397 g/mol. The summed E-state index contributed by atoms with van der Waals surface area (Å²) in [5, 5.41) is 10.3. The third-order valence-electron chi connectivity index (χ3n) is 3.95. The topological polar surface area (TPSA) is 49.8 Å². The van der Waals surface area contributed by atoms with Crippen molar-refractivity contribution in [3.05, 3.63) is 71.2 Å². The number of hydrogen-bond donors (Lipinski definition) is 1. The molecule has 2 aromatic carbocycles. The van der Waals surface area contributed by atoms with Crippen LogP contribution in [-0.2, 0) is 11.2 Å². The molecule has 0 atom stereocenters. The van der Waals surface area contributed by atoms with Crippen LogP contribution < -0.4 is 9.64 Å². The van der Waals surface area contributed by atoms with Crippen LogP contribution >= 0.6 is 24.0 Å². The first-order valence-corrected chi connectivity index (χ1v) is 9.70. The van der Waals surface area contributed by atoms with Gasteiger partial charge in [0.05, 0.1) is 17.2 Å². The predicted octanol–water partition coefficient (Wildman–Crippen LogP) is 4.93. The van der Waals surface area contributed by atoms with E-state index in [-0.39, 0.29) is 11.7 Å². The lowest BCUT2D eigenvalue weighted by molar-refractivity contribution is -0.113. The molecular weight excluding hydrogens is 378 g/mol. The number of para-hydroxylation sites is 1. The van der Waals surface area contributed by atoms with Crippen LogP contribution in [0, 0.1) is 0 Å². The largest absolute Gasteiger partial charge is 0.504 e. The number of ether oxygens (including phenoxy) is 1. The van der Waals surface area contributed by atoms with Crippen molar-refractivity contribution in [3.63, 3.8) is 0 Å². The van der Waals surface area contributed by atoms with Crippen molar-refractivity contribution in [2.45, 2.75) is 13.3 Å². The first-order valence-electron chi connectivity index (χ1n) is 8.47. The Balaban J connectivity index is 1.98. The average Bonchev–Trinajstić information content (AvgIpc) is 2.93. The van der Waals surface area contributed by atoms with E-state index in [1.54, 1.807) is 18.2 Å². The lowest BCUT2D eigenvalue weighted by Crippen LogP contribution is -2.27. The van der Waals surface area contributed by atoms with Crippen molar-refractivity contribution >= 4 is 46.0 Å². The number of carbonyl (C=O) groups is 1. The van der Waals surface area contributed by atoms with Crippen LogP contribution in [0.5, 0.6) is 11.5 Å². The second-order valence-electron chi connectivity index (χ2n) is 5.81. The van der Waals surface area contributed by atoms with Gasteiger partial charge < -0.3 is 9.84 Å². The second-order valence-corrected chi connectivity index (χ2v) is 7.48. The number of amides is 1. The summed E-state index contributed by atoms with van der Waals surface area (Å²) < 4.78 is 6.02. The molecular formula is C21H19NO3S2. The molecule has 138 valence electrons. The van der Waals surface area contributed by atoms with E-state index in [1.807, 2.05) is 43.3 Å². The zero-order valence-electron chi connectivity index (χ0n) is 14.8. The van der Waals surface area contributed by atoms with Crippen molar-refractivity contribution in [2.75, 3.05) is 11.5 Å². The Hall–Kier alpha value is -2.57. The van der Waals surface area contributed by atoms with Gasteiger partial charge in [0.2, 0.25) is 0 Å². The summed E-state index contributed by atoms with van der Waals surface area (Å²) in [7, 11) is 0. The maximum atomic E-state index is 12.9. The normalized spacial score (nSPS) is 15.4. The summed E-state index contributed by atoms with van der Waals surface area (Å²) in [6, 6.07) is 12.9. The number of hydrogen-bond acceptors (Lipinski definition) is 5. The molecule has 0 saturated carbocycles. The molecule has 1 fully saturated rings. The predicted molar refractivity (Wildman–Crippen MR) is 115 cm³/mol. The van der Waals surface area contributed by atoms with Crippen LogP contribution in [0.25, 0.3) is 6.08 Å². The Morgan fingerprint density at radius 2 is 2.04 bits per heavy atom. The summed E-state index contributed by atoms with van der Waals surface area (Å²) in [4.78, 5) is 14.9. The lowest BCUT2D eigenvalue weighted by atomic mass is 10.1. The van der Waals surface area contributed by atoms with Crippen molar-refractivity contribution < 1.29 is 14.6 Å². The minimum absolute atomic E-state index is 0.103. The fraction of sp³-hybridized carbons (Fsp3) is 0.143. The van der Waals surface area contributed by atoms with Gasteiger partial charge in [-0.05, 0) is 49.2 Å². The Morgan fingerprint density at radius 1 is 1.30 bits per heavy atom. The molecule has 1 N–H and O–H groups in total. The molecule has 0 aromatic heterocycles. The van der Waals surface area contributed by atoms with Gasteiger partial charge in [-0.2, -0.15) is 0 Å². The number of anilines is 1. The number of benzene rings is 2. The third-order valence-corrected chi connectivity index (χ3v) is 5.25. The van der Waals surface area contributed by atoms with E-state index in [4.69, 9.17) is 17.0 Å². The Kier molecular flexibility index (Phi) is 5.98. The molecule has 1 amide bonds. The summed E-state index contributed by atoms with van der Waals surface area (Å²) in [6.07, 6.45) is 3.98. The minimum Gasteiger partial charge on any atom is -0.504 e. The van der Waals surface area contributed by atoms with Gasteiger partial charge in [-0.25, -0.2) is 0 Å². The molecule has 0 spiro atoms. The van der Waals surface area contributed by atoms with Crippen LogP contribution in [0.4, 0.5) is 5.69 Å². The molecule has 1 saturated heterocycles. The van der Waals surface area contributed by atoms with E-state index >= 15 is 0 Å². The number of thiocarbonyl (C=S) groups is 1.